The first kappa shape index (κ1) is 41.0. The van der Waals surface area contributed by atoms with Gasteiger partial charge in [0.2, 0.25) is 0 Å². The van der Waals surface area contributed by atoms with E-state index in [0.717, 1.165) is 28.3 Å². The van der Waals surface area contributed by atoms with E-state index < -0.39 is 0 Å². The maximum Gasteiger partial charge on any atom is 0.0541 e. The van der Waals surface area contributed by atoms with Crippen molar-refractivity contribution < 1.29 is 0 Å². The zero-order valence-corrected chi connectivity index (χ0v) is 38.5. The predicted octanol–water partition coefficient (Wildman–Crippen LogP) is 18.9. The van der Waals surface area contributed by atoms with E-state index in [-0.39, 0.29) is 0 Å². The first-order valence-corrected chi connectivity index (χ1v) is 24.1. The van der Waals surface area contributed by atoms with Gasteiger partial charge in [0.25, 0.3) is 0 Å². The van der Waals surface area contributed by atoms with Gasteiger partial charge >= 0.3 is 0 Å². The molecule has 0 bridgehead atoms. The van der Waals surface area contributed by atoms with Gasteiger partial charge in [0, 0.05) is 33.5 Å². The van der Waals surface area contributed by atoms with Crippen molar-refractivity contribution in [1.29, 1.82) is 0 Å². The second kappa shape index (κ2) is 17.4. The molecule has 0 saturated heterocycles. The van der Waals surface area contributed by atoms with Crippen LogP contribution < -0.4 is 4.90 Å². The molecule has 0 unspecified atom stereocenters. The lowest BCUT2D eigenvalue weighted by atomic mass is 9.91. The van der Waals surface area contributed by atoms with Crippen molar-refractivity contribution in [1.82, 2.24) is 4.57 Å². The molecule has 1 heterocycles. The van der Waals surface area contributed by atoms with Gasteiger partial charge in [-0.1, -0.05) is 206 Å². The molecule has 70 heavy (non-hydrogen) atoms. The van der Waals surface area contributed by atoms with Crippen LogP contribution in [-0.4, -0.2) is 4.57 Å². The van der Waals surface area contributed by atoms with Crippen LogP contribution in [0.3, 0.4) is 0 Å². The summed E-state index contributed by atoms with van der Waals surface area (Å²) in [6, 6.07) is 102. The SMILES string of the molecule is c1ccc(-c2cc3ccccc3cc2-c2ccc(N(c3ccc(-c4cccc(-n5c6ccccc6c6ccccc65)c4)cc3)c3ccc(-c4cccc5cccc(-c6ccccc6)c45)cc3)cc2)cc1. The maximum absolute atomic E-state index is 2.39. The van der Waals surface area contributed by atoms with Crippen LogP contribution in [0.15, 0.2) is 279 Å². The third-order valence-corrected chi connectivity index (χ3v) is 14.0. The smallest absolute Gasteiger partial charge is 0.0541 e. The summed E-state index contributed by atoms with van der Waals surface area (Å²) in [4.78, 5) is 2.38. The minimum absolute atomic E-state index is 1.08. The fraction of sp³-hybridized carbons (Fsp3) is 0. The molecule has 12 aromatic carbocycles. The Balaban J connectivity index is 0.907. The largest absolute Gasteiger partial charge is 0.311 e. The molecule has 2 nitrogen and oxygen atoms in total. The number of aromatic nitrogens is 1. The Labute approximate surface area is 408 Å². The van der Waals surface area contributed by atoms with E-state index in [0.29, 0.717) is 0 Å². The van der Waals surface area contributed by atoms with E-state index >= 15 is 0 Å². The molecule has 0 fully saturated rings. The lowest BCUT2D eigenvalue weighted by Gasteiger charge is -2.26. The minimum atomic E-state index is 1.08. The van der Waals surface area contributed by atoms with Crippen molar-refractivity contribution in [2.24, 2.45) is 0 Å². The van der Waals surface area contributed by atoms with Crippen molar-refractivity contribution in [3.8, 4) is 61.3 Å². The zero-order chi connectivity index (χ0) is 46.4. The molecular formula is C68H46N2. The summed E-state index contributed by atoms with van der Waals surface area (Å²) in [6.45, 7) is 0. The highest BCUT2D eigenvalue weighted by Gasteiger charge is 2.18. The summed E-state index contributed by atoms with van der Waals surface area (Å²) in [5.74, 6) is 0. The molecule has 2 heteroatoms. The molecule has 0 atom stereocenters. The molecule has 0 aliphatic carbocycles. The van der Waals surface area contributed by atoms with E-state index in [1.54, 1.807) is 0 Å². The molecular weight excluding hydrogens is 845 g/mol. The second-order valence-corrected chi connectivity index (χ2v) is 18.1. The molecule has 0 amide bonds. The fourth-order valence-corrected chi connectivity index (χ4v) is 10.6. The molecule has 0 spiro atoms. The number of hydrogen-bond acceptors (Lipinski definition) is 1. The van der Waals surface area contributed by atoms with Gasteiger partial charge in [0.15, 0.2) is 0 Å². The van der Waals surface area contributed by atoms with Gasteiger partial charge in [-0.15, -0.1) is 0 Å². The molecule has 328 valence electrons. The van der Waals surface area contributed by atoms with Crippen molar-refractivity contribution in [2.45, 2.75) is 0 Å². The average Bonchev–Trinajstić information content (AvgIpc) is 3.78. The third-order valence-electron chi connectivity index (χ3n) is 14.0. The standard InChI is InChI=1S/C68H46N2/c1-3-16-48(17-4-1)60-28-14-22-52-23-15-29-61(68(52)60)50-34-40-57(41-35-50)69(58-42-36-51(37-43-58)65-46-55-21-8-7-20-54(55)45-64(65)49-18-5-2-6-19-49)56-38-32-47(33-39-56)53-24-13-25-59(44-53)70-66-30-11-9-26-62(66)63-27-10-12-31-67(63)70/h1-46H. The van der Waals surface area contributed by atoms with Crippen LogP contribution in [0.2, 0.25) is 0 Å². The number of hydrogen-bond donors (Lipinski definition) is 0. The number of fused-ring (bicyclic) bond motifs is 5. The van der Waals surface area contributed by atoms with Gasteiger partial charge in [-0.2, -0.15) is 0 Å². The van der Waals surface area contributed by atoms with E-state index in [1.165, 1.54) is 93.4 Å². The maximum atomic E-state index is 2.39. The van der Waals surface area contributed by atoms with Gasteiger partial charge in [0.05, 0.1) is 11.0 Å². The average molecular weight is 891 g/mol. The van der Waals surface area contributed by atoms with E-state index in [9.17, 15) is 0 Å². The minimum Gasteiger partial charge on any atom is -0.311 e. The van der Waals surface area contributed by atoms with E-state index in [4.69, 9.17) is 0 Å². The Morgan fingerprint density at radius 3 is 1.16 bits per heavy atom. The summed E-state index contributed by atoms with van der Waals surface area (Å²) < 4.78 is 2.39. The molecule has 1 aromatic heterocycles. The van der Waals surface area contributed by atoms with Crippen molar-refractivity contribution in [3.05, 3.63) is 279 Å². The van der Waals surface area contributed by atoms with E-state index in [2.05, 4.69) is 289 Å². The summed E-state index contributed by atoms with van der Waals surface area (Å²) in [5.41, 5.74) is 18.8. The van der Waals surface area contributed by atoms with Crippen molar-refractivity contribution in [3.63, 3.8) is 0 Å². The summed E-state index contributed by atoms with van der Waals surface area (Å²) >= 11 is 0. The highest BCUT2D eigenvalue weighted by Crippen LogP contribution is 2.42. The van der Waals surface area contributed by atoms with Crippen LogP contribution in [-0.2, 0) is 0 Å². The van der Waals surface area contributed by atoms with Gasteiger partial charge in [-0.3, -0.25) is 0 Å². The molecule has 0 aliphatic heterocycles. The van der Waals surface area contributed by atoms with Crippen molar-refractivity contribution >= 4 is 60.4 Å². The molecule has 13 aromatic rings. The molecule has 13 rings (SSSR count). The Morgan fingerprint density at radius 1 is 0.243 bits per heavy atom. The van der Waals surface area contributed by atoms with Crippen LogP contribution in [0.4, 0.5) is 17.1 Å². The van der Waals surface area contributed by atoms with Gasteiger partial charge in [-0.25, -0.2) is 0 Å². The van der Waals surface area contributed by atoms with Crippen LogP contribution in [0.5, 0.6) is 0 Å². The number of rotatable bonds is 9. The van der Waals surface area contributed by atoms with Crippen LogP contribution in [0, 0.1) is 0 Å². The summed E-state index contributed by atoms with van der Waals surface area (Å²) in [7, 11) is 0. The van der Waals surface area contributed by atoms with Crippen LogP contribution >= 0.6 is 0 Å². The lowest BCUT2D eigenvalue weighted by molar-refractivity contribution is 1.18. The van der Waals surface area contributed by atoms with Gasteiger partial charge in [-0.05, 0) is 150 Å². The summed E-state index contributed by atoms with van der Waals surface area (Å²) in [6.07, 6.45) is 0. The highest BCUT2D eigenvalue weighted by molar-refractivity contribution is 6.09. The highest BCUT2D eigenvalue weighted by atomic mass is 15.1. The monoisotopic (exact) mass is 890 g/mol. The third kappa shape index (κ3) is 7.31. The molecule has 0 aliphatic rings. The summed E-state index contributed by atoms with van der Waals surface area (Å²) in [5, 5.41) is 7.47. The van der Waals surface area contributed by atoms with Crippen LogP contribution in [0.1, 0.15) is 0 Å². The molecule has 0 radical (unpaired) electrons. The Bertz CT molecular complexity index is 3960. The first-order chi connectivity index (χ1) is 34.7. The second-order valence-electron chi connectivity index (χ2n) is 18.1. The number of benzene rings is 12. The van der Waals surface area contributed by atoms with Crippen molar-refractivity contribution in [2.75, 3.05) is 4.90 Å². The number of para-hydroxylation sites is 2. The normalized spacial score (nSPS) is 11.4. The Morgan fingerprint density at radius 2 is 0.629 bits per heavy atom. The van der Waals surface area contributed by atoms with Gasteiger partial charge in [0.1, 0.15) is 0 Å². The number of nitrogens with zero attached hydrogens (tertiary/aromatic N) is 2. The van der Waals surface area contributed by atoms with E-state index in [1.807, 2.05) is 0 Å². The topological polar surface area (TPSA) is 8.17 Å². The Hall–Kier alpha value is -9.24. The molecule has 0 saturated carbocycles. The fourth-order valence-electron chi connectivity index (χ4n) is 10.6. The lowest BCUT2D eigenvalue weighted by Crippen LogP contribution is -2.09. The Kier molecular flexibility index (Phi) is 10.2. The first-order valence-electron chi connectivity index (χ1n) is 24.1. The zero-order valence-electron chi connectivity index (χ0n) is 38.5. The van der Waals surface area contributed by atoms with Gasteiger partial charge < -0.3 is 9.47 Å². The predicted molar refractivity (Wildman–Crippen MR) is 298 cm³/mol. The van der Waals surface area contributed by atoms with Crippen LogP contribution in [0.25, 0.3) is 105 Å². The molecule has 0 N–H and O–H groups in total. The number of anilines is 3. The quantitative estimate of drug-likeness (QED) is 0.140.